The number of carbonyl (C=O) groups excluding carboxylic acids is 1. The molecule has 3 nitrogen and oxygen atoms in total. The maximum Gasteiger partial charge on any atom is 0.232 e. The Balaban J connectivity index is 2.80. The smallest absolute Gasteiger partial charge is 0.232 e. The highest BCUT2D eigenvalue weighted by Gasteiger charge is 2.27. The third-order valence-corrected chi connectivity index (χ3v) is 4.03. The first-order chi connectivity index (χ1) is 9.82. The number of nitrogens with two attached hydrogens (primary N) is 1. The van der Waals surface area contributed by atoms with Gasteiger partial charge in [0.05, 0.1) is 10.9 Å². The summed E-state index contributed by atoms with van der Waals surface area (Å²) in [6, 6.07) is 10.1. The molecule has 1 aromatic carbocycles. The lowest BCUT2D eigenvalue weighted by molar-refractivity contribution is -0.134. The molecule has 0 spiro atoms. The van der Waals surface area contributed by atoms with E-state index in [1.165, 1.54) is 0 Å². The van der Waals surface area contributed by atoms with Crippen LogP contribution in [-0.2, 0) is 11.2 Å². The predicted molar refractivity (Wildman–Crippen MR) is 92.1 cm³/mol. The van der Waals surface area contributed by atoms with Gasteiger partial charge in [-0.3, -0.25) is 4.79 Å². The van der Waals surface area contributed by atoms with Gasteiger partial charge in [0, 0.05) is 13.1 Å². The molecule has 0 heterocycles. The number of hydrogen-bond donors (Lipinski definition) is 1. The van der Waals surface area contributed by atoms with E-state index in [1.807, 2.05) is 37.4 Å². The minimum atomic E-state index is -0.429. The van der Waals surface area contributed by atoms with Gasteiger partial charge in [0.2, 0.25) is 5.91 Å². The van der Waals surface area contributed by atoms with Crippen molar-refractivity contribution in [3.63, 3.8) is 0 Å². The van der Waals surface area contributed by atoms with Crippen LogP contribution in [0.1, 0.15) is 32.8 Å². The third-order valence-electron chi connectivity index (χ3n) is 3.75. The van der Waals surface area contributed by atoms with Gasteiger partial charge in [-0.2, -0.15) is 0 Å². The zero-order valence-electron chi connectivity index (χ0n) is 13.4. The third kappa shape index (κ3) is 5.46. The quantitative estimate of drug-likeness (QED) is 0.788. The van der Waals surface area contributed by atoms with Crippen molar-refractivity contribution in [1.29, 1.82) is 0 Å². The Morgan fingerprint density at radius 2 is 1.81 bits per heavy atom. The van der Waals surface area contributed by atoms with E-state index in [-0.39, 0.29) is 16.9 Å². The molecule has 0 radical (unpaired) electrons. The molecule has 21 heavy (non-hydrogen) atoms. The Kier molecular flexibility index (Phi) is 6.82. The van der Waals surface area contributed by atoms with E-state index in [4.69, 9.17) is 18.0 Å². The van der Waals surface area contributed by atoms with Crippen molar-refractivity contribution < 1.29 is 4.79 Å². The van der Waals surface area contributed by atoms with Crippen molar-refractivity contribution in [2.45, 2.75) is 39.7 Å². The van der Waals surface area contributed by atoms with Crippen LogP contribution >= 0.6 is 12.2 Å². The Labute approximate surface area is 133 Å². The number of nitrogens with zero attached hydrogens (tertiary/aromatic N) is 1. The number of thiocarbonyl (C=S) groups is 1. The number of rotatable bonds is 7. The van der Waals surface area contributed by atoms with E-state index < -0.39 is 5.92 Å². The van der Waals surface area contributed by atoms with Crippen molar-refractivity contribution in [3.8, 4) is 0 Å². The second kappa shape index (κ2) is 8.13. The summed E-state index contributed by atoms with van der Waals surface area (Å²) in [7, 11) is 1.84. The molecule has 1 aromatic rings. The lowest BCUT2D eigenvalue weighted by atomic mass is 9.96. The number of amides is 1. The summed E-state index contributed by atoms with van der Waals surface area (Å²) < 4.78 is 0. The highest BCUT2D eigenvalue weighted by molar-refractivity contribution is 7.80. The summed E-state index contributed by atoms with van der Waals surface area (Å²) in [4.78, 5) is 14.7. The van der Waals surface area contributed by atoms with Gasteiger partial charge in [0.15, 0.2) is 0 Å². The van der Waals surface area contributed by atoms with Crippen molar-refractivity contribution >= 4 is 23.1 Å². The molecule has 0 fully saturated rings. The molecule has 2 atom stereocenters. The Morgan fingerprint density at radius 1 is 1.24 bits per heavy atom. The molecule has 2 unspecified atom stereocenters. The van der Waals surface area contributed by atoms with E-state index in [0.717, 1.165) is 12.0 Å². The normalized spacial score (nSPS) is 13.8. The average molecular weight is 306 g/mol. The molecule has 4 heteroatoms. The Hall–Kier alpha value is -1.42. The molecule has 0 saturated heterocycles. The van der Waals surface area contributed by atoms with Crippen LogP contribution in [0.3, 0.4) is 0 Å². The highest BCUT2D eigenvalue weighted by Crippen LogP contribution is 2.16. The zero-order chi connectivity index (χ0) is 16.0. The molecule has 0 aliphatic carbocycles. The van der Waals surface area contributed by atoms with Gasteiger partial charge < -0.3 is 10.6 Å². The molecule has 0 aromatic heterocycles. The van der Waals surface area contributed by atoms with Crippen LogP contribution in [-0.4, -0.2) is 28.9 Å². The van der Waals surface area contributed by atoms with Crippen LogP contribution in [0.4, 0.5) is 0 Å². The molecule has 0 aliphatic rings. The SMILES string of the molecule is CC(C)CC(C)N(C)C(=O)C(Cc1ccccc1)C(N)=S. The fraction of sp³-hybridized carbons (Fsp3) is 0.529. The molecule has 1 amide bonds. The maximum absolute atomic E-state index is 12.7. The van der Waals surface area contributed by atoms with Gasteiger partial charge >= 0.3 is 0 Å². The van der Waals surface area contributed by atoms with Gasteiger partial charge in [-0.1, -0.05) is 56.4 Å². The average Bonchev–Trinajstić information content (AvgIpc) is 2.43. The molecule has 116 valence electrons. The lowest BCUT2D eigenvalue weighted by Gasteiger charge is -2.29. The summed E-state index contributed by atoms with van der Waals surface area (Å²) in [6.07, 6.45) is 1.53. The molecular weight excluding hydrogens is 280 g/mol. The van der Waals surface area contributed by atoms with Gasteiger partial charge in [0.1, 0.15) is 0 Å². The van der Waals surface area contributed by atoms with Crippen LogP contribution in [0.25, 0.3) is 0 Å². The summed E-state index contributed by atoms with van der Waals surface area (Å²) in [5.74, 6) is 0.133. The standard InChI is InChI=1S/C17H26N2OS/c1-12(2)10-13(3)19(4)17(20)15(16(18)21)11-14-8-6-5-7-9-14/h5-9,12-13,15H,10-11H2,1-4H3,(H2,18,21). The summed E-state index contributed by atoms with van der Waals surface area (Å²) in [5.41, 5.74) is 6.89. The summed E-state index contributed by atoms with van der Waals surface area (Å²) >= 11 is 5.12. The van der Waals surface area contributed by atoms with Crippen LogP contribution in [0.2, 0.25) is 0 Å². The Bertz CT molecular complexity index is 473. The molecule has 0 saturated carbocycles. The van der Waals surface area contributed by atoms with Crippen molar-refractivity contribution in [3.05, 3.63) is 35.9 Å². The van der Waals surface area contributed by atoms with E-state index in [1.54, 1.807) is 4.90 Å². The van der Waals surface area contributed by atoms with Crippen LogP contribution < -0.4 is 5.73 Å². The van der Waals surface area contributed by atoms with E-state index in [9.17, 15) is 4.79 Å². The summed E-state index contributed by atoms with van der Waals surface area (Å²) in [5, 5.41) is 0. The molecule has 0 bridgehead atoms. The summed E-state index contributed by atoms with van der Waals surface area (Å²) in [6.45, 7) is 6.38. The minimum absolute atomic E-state index is 0.0134. The van der Waals surface area contributed by atoms with Crippen LogP contribution in [0.5, 0.6) is 0 Å². The predicted octanol–water partition coefficient (Wildman–Crippen LogP) is 3.02. The van der Waals surface area contributed by atoms with Gasteiger partial charge in [-0.05, 0) is 31.2 Å². The first kappa shape index (κ1) is 17.6. The fourth-order valence-electron chi connectivity index (χ4n) is 2.46. The van der Waals surface area contributed by atoms with Crippen LogP contribution in [0, 0.1) is 11.8 Å². The van der Waals surface area contributed by atoms with Crippen molar-refractivity contribution in [2.75, 3.05) is 7.05 Å². The van der Waals surface area contributed by atoms with Crippen molar-refractivity contribution in [2.24, 2.45) is 17.6 Å². The second-order valence-electron chi connectivity index (χ2n) is 6.07. The second-order valence-corrected chi connectivity index (χ2v) is 6.54. The van der Waals surface area contributed by atoms with Crippen molar-refractivity contribution in [1.82, 2.24) is 4.90 Å². The fourth-order valence-corrected chi connectivity index (χ4v) is 2.65. The first-order valence-corrected chi connectivity index (χ1v) is 7.83. The molecule has 1 rings (SSSR count). The number of carbonyl (C=O) groups is 1. The zero-order valence-corrected chi connectivity index (χ0v) is 14.2. The highest BCUT2D eigenvalue weighted by atomic mass is 32.1. The van der Waals surface area contributed by atoms with Gasteiger partial charge in [-0.15, -0.1) is 0 Å². The topological polar surface area (TPSA) is 46.3 Å². The van der Waals surface area contributed by atoms with Gasteiger partial charge in [0.25, 0.3) is 0 Å². The number of hydrogen-bond acceptors (Lipinski definition) is 2. The van der Waals surface area contributed by atoms with E-state index in [2.05, 4.69) is 20.8 Å². The molecular formula is C17H26N2OS. The minimum Gasteiger partial charge on any atom is -0.393 e. The largest absolute Gasteiger partial charge is 0.393 e. The first-order valence-electron chi connectivity index (χ1n) is 7.42. The molecule has 0 aliphatic heterocycles. The Morgan fingerprint density at radius 3 is 2.29 bits per heavy atom. The van der Waals surface area contributed by atoms with E-state index in [0.29, 0.717) is 12.3 Å². The lowest BCUT2D eigenvalue weighted by Crippen LogP contribution is -2.44. The van der Waals surface area contributed by atoms with E-state index >= 15 is 0 Å². The number of benzene rings is 1. The van der Waals surface area contributed by atoms with Crippen LogP contribution in [0.15, 0.2) is 30.3 Å². The molecule has 2 N–H and O–H groups in total. The monoisotopic (exact) mass is 306 g/mol. The maximum atomic E-state index is 12.7. The van der Waals surface area contributed by atoms with Gasteiger partial charge in [-0.25, -0.2) is 0 Å².